The smallest absolute Gasteiger partial charge is 0.318 e. The van der Waals surface area contributed by atoms with E-state index in [9.17, 15) is 19.2 Å². The molecular weight excluding hydrogens is 472 g/mol. The van der Waals surface area contributed by atoms with Crippen molar-refractivity contribution >= 4 is 35.1 Å². The Morgan fingerprint density at radius 3 is 1.68 bits per heavy atom. The van der Waals surface area contributed by atoms with Crippen LogP contribution in [0.25, 0.3) is 0 Å². The number of aryl methyl sites for hydroxylation is 1. The SMILES string of the molecule is CCOC(=O)[C@H](C(=O)Nc1ccc(C)c(NC(=O)[C@@H](C(=O)OCC)C2CCCCC2)c1)C1CCCCC1. The second-order valence-corrected chi connectivity index (χ2v) is 10.3. The van der Waals surface area contributed by atoms with Gasteiger partial charge in [-0.15, -0.1) is 0 Å². The predicted molar refractivity (Wildman–Crippen MR) is 142 cm³/mol. The molecular formula is C29H42N2O6. The van der Waals surface area contributed by atoms with Crippen LogP contribution in [0.15, 0.2) is 18.2 Å². The predicted octanol–water partition coefficient (Wildman–Crippen LogP) is 5.39. The molecule has 204 valence electrons. The first-order valence-electron chi connectivity index (χ1n) is 13.9. The van der Waals surface area contributed by atoms with E-state index >= 15 is 0 Å². The first-order chi connectivity index (χ1) is 17.8. The minimum absolute atomic E-state index is 0.0433. The topological polar surface area (TPSA) is 111 Å². The zero-order chi connectivity index (χ0) is 26.8. The van der Waals surface area contributed by atoms with Crippen LogP contribution in [0.2, 0.25) is 0 Å². The van der Waals surface area contributed by atoms with E-state index in [1.807, 2.05) is 6.92 Å². The normalized spacial score (nSPS) is 18.4. The molecule has 2 aliphatic carbocycles. The van der Waals surface area contributed by atoms with Crippen molar-refractivity contribution < 1.29 is 28.7 Å². The van der Waals surface area contributed by atoms with Crippen molar-refractivity contribution in [1.29, 1.82) is 0 Å². The van der Waals surface area contributed by atoms with Gasteiger partial charge >= 0.3 is 11.9 Å². The number of anilines is 2. The summed E-state index contributed by atoms with van der Waals surface area (Å²) in [4.78, 5) is 52.0. The van der Waals surface area contributed by atoms with Gasteiger partial charge < -0.3 is 20.1 Å². The summed E-state index contributed by atoms with van der Waals surface area (Å²) in [6.45, 7) is 5.77. The second kappa shape index (κ2) is 14.1. The molecule has 8 heteroatoms. The summed E-state index contributed by atoms with van der Waals surface area (Å²) >= 11 is 0. The molecule has 2 amide bonds. The van der Waals surface area contributed by atoms with E-state index in [0.717, 1.165) is 69.8 Å². The van der Waals surface area contributed by atoms with Crippen LogP contribution in [0.1, 0.15) is 83.6 Å². The molecule has 1 aromatic rings. The summed E-state index contributed by atoms with van der Waals surface area (Å²) in [6.07, 6.45) is 9.50. The van der Waals surface area contributed by atoms with Crippen LogP contribution in [-0.4, -0.2) is 37.0 Å². The van der Waals surface area contributed by atoms with Crippen molar-refractivity contribution in [3.63, 3.8) is 0 Å². The lowest BCUT2D eigenvalue weighted by atomic mass is 9.79. The molecule has 0 aromatic heterocycles. The van der Waals surface area contributed by atoms with E-state index in [1.54, 1.807) is 32.0 Å². The van der Waals surface area contributed by atoms with Crippen molar-refractivity contribution in [2.75, 3.05) is 23.8 Å². The van der Waals surface area contributed by atoms with Gasteiger partial charge in [0, 0.05) is 11.4 Å². The third-order valence-corrected chi connectivity index (χ3v) is 7.65. The Balaban J connectivity index is 1.76. The summed E-state index contributed by atoms with van der Waals surface area (Å²) in [7, 11) is 0. The first-order valence-corrected chi connectivity index (χ1v) is 13.9. The Labute approximate surface area is 220 Å². The van der Waals surface area contributed by atoms with Crippen LogP contribution in [0.3, 0.4) is 0 Å². The number of carbonyl (C=O) groups is 4. The fraction of sp³-hybridized carbons (Fsp3) is 0.655. The highest BCUT2D eigenvalue weighted by atomic mass is 16.5. The van der Waals surface area contributed by atoms with Crippen molar-refractivity contribution in [2.45, 2.75) is 85.0 Å². The molecule has 0 radical (unpaired) electrons. The molecule has 8 nitrogen and oxygen atoms in total. The number of hydrogen-bond donors (Lipinski definition) is 2. The summed E-state index contributed by atoms with van der Waals surface area (Å²) < 4.78 is 10.5. The molecule has 0 saturated heterocycles. The Morgan fingerprint density at radius 1 is 0.757 bits per heavy atom. The Hall–Kier alpha value is -2.90. The first kappa shape index (κ1) is 28.7. The zero-order valence-corrected chi connectivity index (χ0v) is 22.5. The molecule has 1 aromatic carbocycles. The molecule has 2 fully saturated rings. The number of amides is 2. The van der Waals surface area contributed by atoms with Crippen LogP contribution in [0.5, 0.6) is 0 Å². The third kappa shape index (κ3) is 7.79. The maximum Gasteiger partial charge on any atom is 0.318 e. The van der Waals surface area contributed by atoms with Gasteiger partial charge in [-0.2, -0.15) is 0 Å². The van der Waals surface area contributed by atoms with Gasteiger partial charge in [0.05, 0.1) is 13.2 Å². The Morgan fingerprint density at radius 2 is 1.22 bits per heavy atom. The Bertz CT molecular complexity index is 950. The largest absolute Gasteiger partial charge is 0.465 e. The molecule has 0 spiro atoms. The molecule has 0 heterocycles. The van der Waals surface area contributed by atoms with Crippen LogP contribution in [-0.2, 0) is 28.7 Å². The van der Waals surface area contributed by atoms with Gasteiger partial charge in [-0.1, -0.05) is 44.6 Å². The lowest BCUT2D eigenvalue weighted by Gasteiger charge is -2.28. The van der Waals surface area contributed by atoms with Gasteiger partial charge in [-0.05, 0) is 76.0 Å². The van der Waals surface area contributed by atoms with E-state index in [-0.39, 0.29) is 31.0 Å². The molecule has 2 N–H and O–H groups in total. The molecule has 3 rings (SSSR count). The number of carbonyl (C=O) groups excluding carboxylic acids is 4. The number of benzene rings is 1. The fourth-order valence-electron chi connectivity index (χ4n) is 5.69. The average Bonchev–Trinajstić information content (AvgIpc) is 2.88. The van der Waals surface area contributed by atoms with Gasteiger partial charge in [-0.3, -0.25) is 19.2 Å². The molecule has 2 aliphatic rings. The summed E-state index contributed by atoms with van der Waals surface area (Å²) in [6, 6.07) is 5.22. The minimum Gasteiger partial charge on any atom is -0.465 e. The summed E-state index contributed by atoms with van der Waals surface area (Å²) in [5.74, 6) is -3.57. The quantitative estimate of drug-likeness (QED) is 0.320. The average molecular weight is 515 g/mol. The number of hydrogen-bond acceptors (Lipinski definition) is 6. The minimum atomic E-state index is -0.864. The number of esters is 2. The van der Waals surface area contributed by atoms with Crippen LogP contribution >= 0.6 is 0 Å². The maximum atomic E-state index is 13.3. The van der Waals surface area contributed by atoms with Crippen LogP contribution < -0.4 is 10.6 Å². The standard InChI is InChI=1S/C29H42N2O6/c1-4-36-28(34)24(20-12-8-6-9-13-20)26(32)30-22-17-16-19(3)23(18-22)31-27(33)25(29(35)37-5-2)21-14-10-7-11-15-21/h16-18,20-21,24-25H,4-15H2,1-3H3,(H,30,32)(H,31,33)/t24-,25-/m0/s1. The van der Waals surface area contributed by atoms with Gasteiger partial charge in [0.25, 0.3) is 0 Å². The van der Waals surface area contributed by atoms with Gasteiger partial charge in [0.15, 0.2) is 0 Å². The number of nitrogens with one attached hydrogen (secondary N) is 2. The van der Waals surface area contributed by atoms with Crippen LogP contribution in [0.4, 0.5) is 11.4 Å². The lowest BCUT2D eigenvalue weighted by Crippen LogP contribution is -2.38. The molecule has 0 unspecified atom stereocenters. The second-order valence-electron chi connectivity index (χ2n) is 10.3. The lowest BCUT2D eigenvalue weighted by molar-refractivity contribution is -0.155. The summed E-state index contributed by atoms with van der Waals surface area (Å²) in [5, 5.41) is 5.79. The van der Waals surface area contributed by atoms with Crippen molar-refractivity contribution in [3.8, 4) is 0 Å². The van der Waals surface area contributed by atoms with Gasteiger partial charge in [0.1, 0.15) is 11.8 Å². The number of rotatable bonds is 10. The van der Waals surface area contributed by atoms with Crippen molar-refractivity contribution in [3.05, 3.63) is 23.8 Å². The van der Waals surface area contributed by atoms with Crippen molar-refractivity contribution in [1.82, 2.24) is 0 Å². The van der Waals surface area contributed by atoms with E-state index < -0.39 is 29.7 Å². The highest BCUT2D eigenvalue weighted by molar-refractivity contribution is 6.07. The molecule has 2 saturated carbocycles. The highest BCUT2D eigenvalue weighted by Crippen LogP contribution is 2.34. The fourth-order valence-corrected chi connectivity index (χ4v) is 5.69. The van der Waals surface area contributed by atoms with E-state index in [1.165, 1.54) is 0 Å². The summed E-state index contributed by atoms with van der Waals surface area (Å²) in [5.41, 5.74) is 1.78. The Kier molecular flexibility index (Phi) is 11.0. The molecule has 2 atom stereocenters. The zero-order valence-electron chi connectivity index (χ0n) is 22.5. The third-order valence-electron chi connectivity index (χ3n) is 7.65. The molecule has 0 aliphatic heterocycles. The van der Waals surface area contributed by atoms with E-state index in [2.05, 4.69) is 10.6 Å². The molecule has 37 heavy (non-hydrogen) atoms. The van der Waals surface area contributed by atoms with Gasteiger partial charge in [-0.25, -0.2) is 0 Å². The monoisotopic (exact) mass is 514 g/mol. The van der Waals surface area contributed by atoms with Crippen molar-refractivity contribution in [2.24, 2.45) is 23.7 Å². The maximum absolute atomic E-state index is 13.3. The van der Waals surface area contributed by atoms with E-state index in [4.69, 9.17) is 9.47 Å². The highest BCUT2D eigenvalue weighted by Gasteiger charge is 2.38. The van der Waals surface area contributed by atoms with Crippen LogP contribution in [0, 0.1) is 30.6 Å². The van der Waals surface area contributed by atoms with E-state index in [0.29, 0.717) is 11.4 Å². The molecule has 0 bridgehead atoms. The number of ether oxygens (including phenoxy) is 2. The van der Waals surface area contributed by atoms with Gasteiger partial charge in [0.2, 0.25) is 11.8 Å².